The Labute approximate surface area is 231 Å². The number of hydrogen-bond donors (Lipinski definition) is 1. The number of hydrogen-bond acceptors (Lipinski definition) is 8. The van der Waals surface area contributed by atoms with E-state index in [1.807, 2.05) is 24.3 Å². The molecule has 1 aliphatic heterocycles. The van der Waals surface area contributed by atoms with Crippen molar-refractivity contribution in [2.75, 3.05) is 24.7 Å². The molecule has 0 spiro atoms. The molecule has 4 aromatic rings. The molecule has 0 unspecified atom stereocenters. The van der Waals surface area contributed by atoms with Crippen LogP contribution in [0.25, 0.3) is 34.1 Å². The molecule has 4 heterocycles. The van der Waals surface area contributed by atoms with Crippen molar-refractivity contribution in [1.82, 2.24) is 29.7 Å². The number of anilines is 1. The highest BCUT2D eigenvalue weighted by atomic mass is 35.5. The van der Waals surface area contributed by atoms with E-state index < -0.39 is 5.76 Å². The molecule has 6 rings (SSSR count). The molecule has 1 atom stereocenters. The number of fused-ring (bicyclic) bond motifs is 1. The lowest BCUT2D eigenvalue weighted by molar-refractivity contribution is 0.0899. The van der Waals surface area contributed by atoms with Crippen molar-refractivity contribution in [3.63, 3.8) is 0 Å². The normalized spacial score (nSPS) is 22.0. The molecule has 206 valence electrons. The first kappa shape index (κ1) is 26.0. The molecule has 1 N–H and O–H groups in total. The number of morpholine rings is 1. The molecule has 0 bridgehead atoms. The number of ether oxygens (including phenoxy) is 1. The van der Waals surface area contributed by atoms with Crippen molar-refractivity contribution in [3.05, 3.63) is 39.8 Å². The van der Waals surface area contributed by atoms with E-state index in [-0.39, 0.29) is 17.7 Å². The first-order valence-corrected chi connectivity index (χ1v) is 14.3. The zero-order valence-electron chi connectivity index (χ0n) is 22.4. The summed E-state index contributed by atoms with van der Waals surface area (Å²) in [6, 6.07) is 7.87. The van der Waals surface area contributed by atoms with Gasteiger partial charge in [0.15, 0.2) is 5.65 Å². The Morgan fingerprint density at radius 2 is 2.00 bits per heavy atom. The number of nitrogens with zero attached hydrogens (tertiary/aromatic N) is 6. The highest BCUT2D eigenvalue weighted by Crippen LogP contribution is 2.37. The first-order valence-electron chi connectivity index (χ1n) is 13.9. The number of aromatic amines is 1. The summed E-state index contributed by atoms with van der Waals surface area (Å²) in [5, 5.41) is 4.46. The number of H-pyrrole nitrogens is 1. The number of aromatic nitrogens is 6. The van der Waals surface area contributed by atoms with Gasteiger partial charge in [0.2, 0.25) is 17.6 Å². The molecule has 10 nitrogen and oxygen atoms in total. The second-order valence-electron chi connectivity index (χ2n) is 10.9. The van der Waals surface area contributed by atoms with E-state index in [1.54, 1.807) is 0 Å². The van der Waals surface area contributed by atoms with Crippen LogP contribution in [-0.2, 0) is 11.3 Å². The minimum Gasteiger partial charge on any atom is -0.377 e. The average molecular weight is 552 g/mol. The molecular formula is C28H34ClN7O3. The maximum atomic E-state index is 11.7. The Morgan fingerprint density at radius 1 is 1.15 bits per heavy atom. The molecule has 2 aliphatic rings. The quantitative estimate of drug-likeness (QED) is 0.328. The predicted octanol–water partition coefficient (Wildman–Crippen LogP) is 5.32. The van der Waals surface area contributed by atoms with Gasteiger partial charge in [0.25, 0.3) is 0 Å². The Morgan fingerprint density at radius 3 is 2.74 bits per heavy atom. The van der Waals surface area contributed by atoms with Crippen LogP contribution >= 0.6 is 11.6 Å². The summed E-state index contributed by atoms with van der Waals surface area (Å²) in [5.74, 6) is 1.96. The topological polar surface area (TPSA) is 115 Å². The number of nitrogens with one attached hydrogen (secondary N) is 1. The van der Waals surface area contributed by atoms with Crippen LogP contribution < -0.4 is 10.7 Å². The zero-order valence-corrected chi connectivity index (χ0v) is 23.2. The minimum absolute atomic E-state index is 0.165. The third-order valence-electron chi connectivity index (χ3n) is 8.02. The van der Waals surface area contributed by atoms with E-state index in [0.29, 0.717) is 35.5 Å². The van der Waals surface area contributed by atoms with Gasteiger partial charge >= 0.3 is 5.76 Å². The zero-order chi connectivity index (χ0) is 26.9. The highest BCUT2D eigenvalue weighted by Gasteiger charge is 2.31. The molecule has 1 aromatic carbocycles. The van der Waals surface area contributed by atoms with Crippen molar-refractivity contribution in [2.24, 2.45) is 11.8 Å². The Bertz CT molecular complexity index is 1500. The van der Waals surface area contributed by atoms with E-state index in [2.05, 4.69) is 33.5 Å². The molecule has 1 saturated carbocycles. The lowest BCUT2D eigenvalue weighted by Gasteiger charge is -2.37. The van der Waals surface area contributed by atoms with Gasteiger partial charge in [-0.1, -0.05) is 62.0 Å². The van der Waals surface area contributed by atoms with Crippen LogP contribution in [0.1, 0.15) is 52.4 Å². The van der Waals surface area contributed by atoms with Crippen LogP contribution in [0.4, 0.5) is 5.95 Å². The maximum Gasteiger partial charge on any atom is 0.439 e. The van der Waals surface area contributed by atoms with E-state index in [4.69, 9.17) is 35.8 Å². The lowest BCUT2D eigenvalue weighted by Crippen LogP contribution is -2.47. The molecular weight excluding hydrogens is 518 g/mol. The molecule has 11 heteroatoms. The second-order valence-corrected chi connectivity index (χ2v) is 11.3. The van der Waals surface area contributed by atoms with Crippen LogP contribution in [0, 0.1) is 11.8 Å². The Hall–Kier alpha value is -3.24. The number of imidazole rings is 1. The summed E-state index contributed by atoms with van der Waals surface area (Å²) < 4.78 is 13.0. The lowest BCUT2D eigenvalue weighted by atomic mass is 9.83. The van der Waals surface area contributed by atoms with E-state index >= 15 is 0 Å². The standard InChI is InChI=1S/C28H34ClN7O3/c1-3-5-21-16-38-13-12-35(21)27-32-24-23(36(27)15-18-10-8-17(2)9-11-18)22(19-6-4-7-20(29)14-19)30-25(31-24)26-33-28(37)39-34-26/h4,6-7,14,17-18,21H,3,5,8-13,15-16H2,1-2H3,(H,33,34,37)/t17?,18?,21-/m0/s1. The molecule has 2 fully saturated rings. The van der Waals surface area contributed by atoms with E-state index in [1.165, 1.54) is 25.7 Å². The van der Waals surface area contributed by atoms with Crippen LogP contribution in [0.5, 0.6) is 0 Å². The minimum atomic E-state index is -0.661. The molecule has 39 heavy (non-hydrogen) atoms. The van der Waals surface area contributed by atoms with Gasteiger partial charge in [-0.15, -0.1) is 0 Å². The molecule has 0 radical (unpaired) electrons. The fourth-order valence-corrected chi connectivity index (χ4v) is 6.14. The molecule has 0 amide bonds. The number of rotatable bonds is 7. The largest absolute Gasteiger partial charge is 0.439 e. The van der Waals surface area contributed by atoms with Gasteiger partial charge in [-0.3, -0.25) is 9.51 Å². The summed E-state index contributed by atoms with van der Waals surface area (Å²) in [5.41, 5.74) is 2.96. The fraction of sp³-hybridized carbons (Fsp3) is 0.536. The van der Waals surface area contributed by atoms with Crippen molar-refractivity contribution < 1.29 is 9.26 Å². The van der Waals surface area contributed by atoms with Crippen molar-refractivity contribution >= 4 is 28.7 Å². The van der Waals surface area contributed by atoms with E-state index in [0.717, 1.165) is 48.9 Å². The van der Waals surface area contributed by atoms with Crippen molar-refractivity contribution in [3.8, 4) is 22.9 Å². The van der Waals surface area contributed by atoms with Gasteiger partial charge in [0, 0.05) is 23.7 Å². The molecule has 3 aromatic heterocycles. The van der Waals surface area contributed by atoms with Gasteiger partial charge in [0.1, 0.15) is 11.2 Å². The number of benzene rings is 1. The third-order valence-corrected chi connectivity index (χ3v) is 8.25. The monoisotopic (exact) mass is 551 g/mol. The molecule has 1 aliphatic carbocycles. The average Bonchev–Trinajstić information content (AvgIpc) is 3.53. The smallest absolute Gasteiger partial charge is 0.377 e. The van der Waals surface area contributed by atoms with Gasteiger partial charge in [0.05, 0.1) is 19.3 Å². The summed E-state index contributed by atoms with van der Waals surface area (Å²) in [7, 11) is 0. The van der Waals surface area contributed by atoms with Crippen LogP contribution in [0.2, 0.25) is 5.02 Å². The third kappa shape index (κ3) is 5.32. The van der Waals surface area contributed by atoms with Crippen LogP contribution in [0.15, 0.2) is 33.6 Å². The van der Waals surface area contributed by atoms with Crippen LogP contribution in [0.3, 0.4) is 0 Å². The summed E-state index contributed by atoms with van der Waals surface area (Å²) in [6.07, 6.45) is 6.93. The first-order chi connectivity index (χ1) is 19.0. The maximum absolute atomic E-state index is 11.7. The van der Waals surface area contributed by atoms with Gasteiger partial charge in [-0.05, 0) is 43.2 Å². The van der Waals surface area contributed by atoms with E-state index in [9.17, 15) is 4.79 Å². The predicted molar refractivity (Wildman–Crippen MR) is 150 cm³/mol. The van der Waals surface area contributed by atoms with Gasteiger partial charge in [-0.25, -0.2) is 14.8 Å². The van der Waals surface area contributed by atoms with Gasteiger partial charge in [-0.2, -0.15) is 4.98 Å². The van der Waals surface area contributed by atoms with Crippen molar-refractivity contribution in [2.45, 2.75) is 65.0 Å². The summed E-state index contributed by atoms with van der Waals surface area (Å²) in [6.45, 7) is 7.48. The SMILES string of the molecule is CCC[C@H]1COCCN1c1nc2nc(-c3noc(=O)[nH]3)nc(-c3cccc(Cl)c3)c2n1CC1CCC(C)CC1. The summed E-state index contributed by atoms with van der Waals surface area (Å²) in [4.78, 5) is 31.6. The van der Waals surface area contributed by atoms with Crippen LogP contribution in [-0.4, -0.2) is 55.5 Å². The summed E-state index contributed by atoms with van der Waals surface area (Å²) >= 11 is 6.43. The Kier molecular flexibility index (Phi) is 7.40. The Balaban J connectivity index is 1.57. The number of halogens is 1. The van der Waals surface area contributed by atoms with Crippen molar-refractivity contribution in [1.29, 1.82) is 0 Å². The molecule has 1 saturated heterocycles. The fourth-order valence-electron chi connectivity index (χ4n) is 5.95. The second kappa shape index (κ2) is 11.1. The highest BCUT2D eigenvalue weighted by molar-refractivity contribution is 6.30. The van der Waals surface area contributed by atoms with Gasteiger partial charge < -0.3 is 14.2 Å².